The number of imide groups is 1. The number of carbonyl (C=O) groups is 2. The van der Waals surface area contributed by atoms with Crippen LogP contribution in [0.25, 0.3) is 6.08 Å². The van der Waals surface area contributed by atoms with Crippen molar-refractivity contribution in [2.45, 2.75) is 29.3 Å². The van der Waals surface area contributed by atoms with E-state index in [1.807, 2.05) is 5.32 Å². The third-order valence-corrected chi connectivity index (χ3v) is 5.14. The molecule has 14 heteroatoms. The molecule has 1 aromatic rings. The molecule has 1 aliphatic heterocycles. The highest BCUT2D eigenvalue weighted by atomic mass is 32.2. The molecule has 2 rings (SSSR count). The lowest BCUT2D eigenvalue weighted by Gasteiger charge is -2.23. The molecule has 4 atom stereocenters. The summed E-state index contributed by atoms with van der Waals surface area (Å²) in [6.07, 6.45) is -5.44. The molecule has 1 saturated heterocycles. The van der Waals surface area contributed by atoms with Crippen molar-refractivity contribution in [1.82, 2.24) is 15.5 Å². The van der Waals surface area contributed by atoms with Crippen LogP contribution in [-0.2, 0) is 14.8 Å². The topological polar surface area (TPSA) is 218 Å². The molecule has 1 heterocycles. The Labute approximate surface area is 170 Å². The van der Waals surface area contributed by atoms with Crippen molar-refractivity contribution in [1.29, 1.82) is 0 Å². The molecular formula is C16H20N4O9S. The monoisotopic (exact) mass is 444 g/mol. The van der Waals surface area contributed by atoms with Crippen LogP contribution in [0.5, 0.6) is 0 Å². The second kappa shape index (κ2) is 9.75. The summed E-state index contributed by atoms with van der Waals surface area (Å²) in [6, 6.07) is 4.47. The highest BCUT2D eigenvalue weighted by molar-refractivity contribution is 7.89. The van der Waals surface area contributed by atoms with Gasteiger partial charge in [-0.05, 0) is 23.8 Å². The number of aliphatic hydroxyl groups excluding tert-OH is 5. The lowest BCUT2D eigenvalue weighted by molar-refractivity contribution is -0.115. The van der Waals surface area contributed by atoms with E-state index in [4.69, 9.17) is 5.11 Å². The third kappa shape index (κ3) is 5.82. The number of hydrogen-bond acceptors (Lipinski definition) is 10. The number of hydrazone groups is 1. The fourth-order valence-corrected chi connectivity index (χ4v) is 3.05. The second-order valence-electron chi connectivity index (χ2n) is 6.13. The van der Waals surface area contributed by atoms with E-state index in [1.54, 1.807) is 4.83 Å². The largest absolute Gasteiger partial charge is 0.394 e. The Morgan fingerprint density at radius 2 is 1.67 bits per heavy atom. The highest BCUT2D eigenvalue weighted by Gasteiger charge is 2.29. The van der Waals surface area contributed by atoms with Gasteiger partial charge in [-0.1, -0.05) is 12.1 Å². The van der Waals surface area contributed by atoms with Gasteiger partial charge in [-0.2, -0.15) is 13.5 Å². The summed E-state index contributed by atoms with van der Waals surface area (Å²) in [7, 11) is -4.15. The minimum absolute atomic E-state index is 0.000573. The Hall–Kier alpha value is -2.88. The molecule has 3 amide bonds. The summed E-state index contributed by atoms with van der Waals surface area (Å²) in [5.74, 6) is -0.620. The van der Waals surface area contributed by atoms with Crippen molar-refractivity contribution < 1.29 is 43.5 Å². The first-order valence-electron chi connectivity index (χ1n) is 8.37. The quantitative estimate of drug-likeness (QED) is 0.0821. The summed E-state index contributed by atoms with van der Waals surface area (Å²) in [4.78, 5) is 24.1. The average Bonchev–Trinajstić information content (AvgIpc) is 3.02. The van der Waals surface area contributed by atoms with E-state index in [-0.39, 0.29) is 10.6 Å². The fourth-order valence-electron chi connectivity index (χ4n) is 2.25. The zero-order chi connectivity index (χ0) is 22.5. The van der Waals surface area contributed by atoms with Gasteiger partial charge in [0.15, 0.2) is 0 Å². The number of hydrogen-bond donors (Lipinski definition) is 8. The molecule has 0 aliphatic carbocycles. The van der Waals surface area contributed by atoms with Crippen LogP contribution < -0.4 is 15.5 Å². The van der Waals surface area contributed by atoms with Gasteiger partial charge in [0.05, 0.1) is 17.7 Å². The molecule has 0 bridgehead atoms. The molecule has 1 aromatic carbocycles. The van der Waals surface area contributed by atoms with Crippen LogP contribution in [-0.4, -0.2) is 83.1 Å². The summed E-state index contributed by atoms with van der Waals surface area (Å²) < 4.78 is 24.4. The highest BCUT2D eigenvalue weighted by Crippen LogP contribution is 2.14. The molecule has 164 valence electrons. The zero-order valence-electron chi connectivity index (χ0n) is 15.2. The Morgan fingerprint density at radius 3 is 2.20 bits per heavy atom. The number of rotatable bonds is 9. The predicted molar refractivity (Wildman–Crippen MR) is 101 cm³/mol. The van der Waals surface area contributed by atoms with Gasteiger partial charge in [-0.15, -0.1) is 0 Å². The Kier molecular flexibility index (Phi) is 7.60. The lowest BCUT2D eigenvalue weighted by atomic mass is 10.0. The molecule has 8 N–H and O–H groups in total. The van der Waals surface area contributed by atoms with Crippen LogP contribution >= 0.6 is 0 Å². The van der Waals surface area contributed by atoms with Crippen LogP contribution in [0, 0.1) is 0 Å². The van der Waals surface area contributed by atoms with Crippen molar-refractivity contribution in [3.8, 4) is 0 Å². The number of carbonyl (C=O) groups excluding carboxylic acids is 2. The normalized spacial score (nSPS) is 20.0. The minimum atomic E-state index is -4.15. The van der Waals surface area contributed by atoms with Crippen molar-refractivity contribution in [3.63, 3.8) is 0 Å². The van der Waals surface area contributed by atoms with Crippen molar-refractivity contribution >= 4 is 34.3 Å². The summed E-state index contributed by atoms with van der Waals surface area (Å²) in [5.41, 5.74) is 0.430. The SMILES string of the molecule is O=C1NC(=O)/C(=C/c2ccc(S(=O)(=O)N/N=C\C(O)C(O)C(O)C(O)CO)cc2)N1. The molecular weight excluding hydrogens is 424 g/mol. The molecule has 30 heavy (non-hydrogen) atoms. The van der Waals surface area contributed by atoms with Gasteiger partial charge in [0.25, 0.3) is 15.9 Å². The fraction of sp³-hybridized carbons (Fsp3) is 0.312. The van der Waals surface area contributed by atoms with E-state index < -0.39 is 53.0 Å². The molecule has 0 saturated carbocycles. The maximum atomic E-state index is 12.2. The van der Waals surface area contributed by atoms with E-state index in [0.29, 0.717) is 11.8 Å². The smallest absolute Gasteiger partial charge is 0.326 e. The molecule has 1 fully saturated rings. The van der Waals surface area contributed by atoms with Crippen LogP contribution in [0.15, 0.2) is 40.0 Å². The van der Waals surface area contributed by atoms with Gasteiger partial charge in [0, 0.05) is 0 Å². The summed E-state index contributed by atoms with van der Waals surface area (Å²) >= 11 is 0. The number of benzene rings is 1. The second-order valence-corrected chi connectivity index (χ2v) is 7.79. The van der Waals surface area contributed by atoms with Crippen LogP contribution in [0.4, 0.5) is 4.79 Å². The maximum absolute atomic E-state index is 12.2. The molecule has 0 radical (unpaired) electrons. The Balaban J connectivity index is 2.02. The van der Waals surface area contributed by atoms with Gasteiger partial charge < -0.3 is 30.8 Å². The predicted octanol–water partition coefficient (Wildman–Crippen LogP) is -3.43. The number of urea groups is 1. The lowest BCUT2D eigenvalue weighted by Crippen LogP contribution is -2.46. The zero-order valence-corrected chi connectivity index (χ0v) is 16.0. The van der Waals surface area contributed by atoms with Crippen LogP contribution in [0.3, 0.4) is 0 Å². The van der Waals surface area contributed by atoms with E-state index in [9.17, 15) is 38.4 Å². The first kappa shape index (κ1) is 23.4. The van der Waals surface area contributed by atoms with Crippen molar-refractivity contribution in [2.24, 2.45) is 5.10 Å². The van der Waals surface area contributed by atoms with E-state index in [2.05, 4.69) is 10.4 Å². The van der Waals surface area contributed by atoms with Gasteiger partial charge in [0.2, 0.25) is 0 Å². The van der Waals surface area contributed by atoms with E-state index in [1.165, 1.54) is 30.3 Å². The molecule has 1 aliphatic rings. The number of nitrogens with one attached hydrogen (secondary N) is 3. The molecule has 13 nitrogen and oxygen atoms in total. The molecule has 0 spiro atoms. The third-order valence-electron chi connectivity index (χ3n) is 3.90. The molecule has 4 unspecified atom stereocenters. The van der Waals surface area contributed by atoms with Crippen molar-refractivity contribution in [2.75, 3.05) is 6.61 Å². The van der Waals surface area contributed by atoms with Gasteiger partial charge in [0.1, 0.15) is 30.1 Å². The van der Waals surface area contributed by atoms with Crippen LogP contribution in [0.2, 0.25) is 0 Å². The number of aliphatic hydroxyl groups is 5. The number of amides is 3. The number of sulfonamides is 1. The summed E-state index contributed by atoms with van der Waals surface area (Å²) in [5, 5.41) is 54.3. The standard InChI is InChI=1S/C16H20N4O9S/c21-7-12(23)14(25)13(24)11(22)6-17-20-30(28,29)9-3-1-8(2-4-9)5-10-15(26)19-16(27)18-10/h1-6,11-14,20-25H,7H2,(H2,18,19,26,27)/b10-5-,17-6-. The first-order valence-corrected chi connectivity index (χ1v) is 9.85. The van der Waals surface area contributed by atoms with Crippen molar-refractivity contribution in [3.05, 3.63) is 35.5 Å². The van der Waals surface area contributed by atoms with Gasteiger partial charge in [-0.25, -0.2) is 9.63 Å². The average molecular weight is 444 g/mol. The Morgan fingerprint density at radius 1 is 1.03 bits per heavy atom. The maximum Gasteiger partial charge on any atom is 0.326 e. The van der Waals surface area contributed by atoms with Gasteiger partial charge in [-0.3, -0.25) is 10.1 Å². The minimum Gasteiger partial charge on any atom is -0.394 e. The van der Waals surface area contributed by atoms with Crippen LogP contribution in [0.1, 0.15) is 5.56 Å². The summed E-state index contributed by atoms with van der Waals surface area (Å²) in [6.45, 7) is -0.863. The van der Waals surface area contributed by atoms with E-state index in [0.717, 1.165) is 0 Å². The number of nitrogens with zero attached hydrogens (tertiary/aromatic N) is 1. The first-order chi connectivity index (χ1) is 14.0. The van der Waals surface area contributed by atoms with E-state index >= 15 is 0 Å². The Bertz CT molecular complexity index is 946. The van der Waals surface area contributed by atoms with Gasteiger partial charge >= 0.3 is 6.03 Å². The molecule has 0 aromatic heterocycles.